The van der Waals surface area contributed by atoms with Gasteiger partial charge in [-0.25, -0.2) is 4.39 Å². The van der Waals surface area contributed by atoms with E-state index in [9.17, 15) is 9.18 Å². The third-order valence-corrected chi connectivity index (χ3v) is 4.46. The maximum atomic E-state index is 13.8. The molecule has 128 valence electrons. The van der Waals surface area contributed by atoms with E-state index in [0.717, 1.165) is 10.0 Å². The van der Waals surface area contributed by atoms with Gasteiger partial charge in [-0.2, -0.15) is 5.10 Å². The Labute approximate surface area is 157 Å². The van der Waals surface area contributed by atoms with Crippen LogP contribution in [0.5, 0.6) is 0 Å². The zero-order valence-electron chi connectivity index (χ0n) is 13.0. The van der Waals surface area contributed by atoms with Crippen molar-refractivity contribution in [3.8, 4) is 0 Å². The number of nitrogens with one attached hydrogen (secondary N) is 1. The fourth-order valence-corrected chi connectivity index (χ4v) is 2.84. The smallest absolute Gasteiger partial charge is 0.228 e. The van der Waals surface area contributed by atoms with Gasteiger partial charge >= 0.3 is 0 Å². The van der Waals surface area contributed by atoms with Crippen LogP contribution in [0.2, 0.25) is 5.02 Å². The Morgan fingerprint density at radius 1 is 1.24 bits per heavy atom. The average molecular weight is 423 g/mol. The number of carbonyl (C=O) groups excluding carboxylic acids is 1. The summed E-state index contributed by atoms with van der Waals surface area (Å²) < 4.78 is 16.3. The first kappa shape index (κ1) is 17.6. The van der Waals surface area contributed by atoms with Crippen molar-refractivity contribution in [2.45, 2.75) is 13.0 Å². The number of benzene rings is 2. The second-order valence-corrected chi connectivity index (χ2v) is 6.80. The summed E-state index contributed by atoms with van der Waals surface area (Å²) in [4.78, 5) is 12.1. The highest BCUT2D eigenvalue weighted by atomic mass is 79.9. The van der Waals surface area contributed by atoms with Crippen LogP contribution in [0.3, 0.4) is 0 Å². The van der Waals surface area contributed by atoms with Gasteiger partial charge in [0.1, 0.15) is 5.82 Å². The zero-order chi connectivity index (χ0) is 17.8. The molecule has 1 heterocycles. The van der Waals surface area contributed by atoms with Gasteiger partial charge in [0.15, 0.2) is 0 Å². The molecule has 0 fully saturated rings. The van der Waals surface area contributed by atoms with Crippen molar-refractivity contribution in [2.24, 2.45) is 0 Å². The number of hydrogen-bond acceptors (Lipinski definition) is 2. The molecule has 0 atom stereocenters. The summed E-state index contributed by atoms with van der Waals surface area (Å²) in [5, 5.41) is 7.26. The summed E-state index contributed by atoms with van der Waals surface area (Å²) in [7, 11) is 0. The van der Waals surface area contributed by atoms with Gasteiger partial charge in [0.25, 0.3) is 0 Å². The number of rotatable bonds is 5. The number of aromatic nitrogens is 2. The summed E-state index contributed by atoms with van der Waals surface area (Å²) in [5.41, 5.74) is 1.82. The van der Waals surface area contributed by atoms with Crippen LogP contribution in [-0.2, 0) is 17.8 Å². The van der Waals surface area contributed by atoms with Gasteiger partial charge in [0.2, 0.25) is 5.91 Å². The molecule has 0 aliphatic heterocycles. The van der Waals surface area contributed by atoms with Crippen molar-refractivity contribution in [3.63, 3.8) is 0 Å². The number of hydrogen-bond donors (Lipinski definition) is 1. The van der Waals surface area contributed by atoms with Crippen LogP contribution in [0.25, 0.3) is 0 Å². The van der Waals surface area contributed by atoms with E-state index < -0.39 is 0 Å². The van der Waals surface area contributed by atoms with Crippen LogP contribution in [0.1, 0.15) is 11.1 Å². The molecule has 0 spiro atoms. The Morgan fingerprint density at radius 3 is 2.72 bits per heavy atom. The molecule has 0 radical (unpaired) electrons. The van der Waals surface area contributed by atoms with E-state index in [1.807, 2.05) is 24.3 Å². The summed E-state index contributed by atoms with van der Waals surface area (Å²) in [6.07, 6.45) is 3.42. The molecule has 0 saturated heterocycles. The molecule has 0 bridgehead atoms. The summed E-state index contributed by atoms with van der Waals surface area (Å²) in [6, 6.07) is 12.1. The molecule has 0 saturated carbocycles. The third-order valence-electron chi connectivity index (χ3n) is 3.58. The van der Waals surface area contributed by atoms with Gasteiger partial charge in [-0.3, -0.25) is 9.48 Å². The Hall–Kier alpha value is -2.18. The van der Waals surface area contributed by atoms with Crippen molar-refractivity contribution < 1.29 is 9.18 Å². The van der Waals surface area contributed by atoms with Crippen LogP contribution in [0.15, 0.2) is 59.3 Å². The van der Waals surface area contributed by atoms with E-state index >= 15 is 0 Å². The van der Waals surface area contributed by atoms with Crippen LogP contribution in [0.4, 0.5) is 10.1 Å². The molecule has 25 heavy (non-hydrogen) atoms. The number of anilines is 1. The summed E-state index contributed by atoms with van der Waals surface area (Å²) in [5.74, 6) is -0.533. The first-order valence-corrected chi connectivity index (χ1v) is 8.68. The summed E-state index contributed by atoms with van der Waals surface area (Å²) >= 11 is 9.38. The maximum absolute atomic E-state index is 13.8. The van der Waals surface area contributed by atoms with Crippen molar-refractivity contribution in [3.05, 3.63) is 81.3 Å². The van der Waals surface area contributed by atoms with Gasteiger partial charge in [-0.05, 0) is 29.8 Å². The average Bonchev–Trinajstić information content (AvgIpc) is 3.00. The van der Waals surface area contributed by atoms with Crippen molar-refractivity contribution in [1.82, 2.24) is 9.78 Å². The minimum atomic E-state index is -0.385. The lowest BCUT2D eigenvalue weighted by Crippen LogP contribution is -2.14. The first-order valence-electron chi connectivity index (χ1n) is 7.51. The molecule has 4 nitrogen and oxygen atoms in total. The summed E-state index contributed by atoms with van der Waals surface area (Å²) in [6.45, 7) is 0.189. The zero-order valence-corrected chi connectivity index (χ0v) is 15.4. The molecule has 7 heteroatoms. The highest BCUT2D eigenvalue weighted by Gasteiger charge is 2.10. The van der Waals surface area contributed by atoms with E-state index in [4.69, 9.17) is 11.6 Å². The van der Waals surface area contributed by atoms with Crippen LogP contribution >= 0.6 is 27.5 Å². The van der Waals surface area contributed by atoms with E-state index in [-0.39, 0.29) is 24.7 Å². The van der Waals surface area contributed by atoms with Crippen molar-refractivity contribution in [1.29, 1.82) is 0 Å². The second kappa shape index (κ2) is 7.80. The minimum Gasteiger partial charge on any atom is -0.323 e. The normalized spacial score (nSPS) is 10.7. The second-order valence-electron chi connectivity index (χ2n) is 5.48. The first-order chi connectivity index (χ1) is 12.0. The molecule has 2 aromatic carbocycles. The van der Waals surface area contributed by atoms with Crippen molar-refractivity contribution in [2.75, 3.05) is 5.32 Å². The Balaban J connectivity index is 1.63. The standard InChI is InChI=1S/C18H14BrClFN3O/c19-13-6-4-12(5-7-13)8-18(25)23-14-9-22-24(10-14)11-15-16(20)2-1-3-17(15)21/h1-7,9-10H,8,11H2,(H,23,25). The Bertz CT molecular complexity index is 875. The number of halogens is 3. The van der Waals surface area contributed by atoms with E-state index in [1.165, 1.54) is 16.9 Å². The molecule has 1 amide bonds. The quantitative estimate of drug-likeness (QED) is 0.649. The lowest BCUT2D eigenvalue weighted by molar-refractivity contribution is -0.115. The van der Waals surface area contributed by atoms with E-state index in [1.54, 1.807) is 18.3 Å². The number of nitrogens with zero attached hydrogens (tertiary/aromatic N) is 2. The molecule has 1 N–H and O–H groups in total. The SMILES string of the molecule is O=C(Cc1ccc(Br)cc1)Nc1cnn(Cc2c(F)cccc2Cl)c1. The lowest BCUT2D eigenvalue weighted by Gasteiger charge is -2.06. The lowest BCUT2D eigenvalue weighted by atomic mass is 10.1. The van der Waals surface area contributed by atoms with Gasteiger partial charge in [0.05, 0.1) is 24.8 Å². The fourth-order valence-electron chi connectivity index (χ4n) is 2.35. The highest BCUT2D eigenvalue weighted by Crippen LogP contribution is 2.20. The van der Waals surface area contributed by atoms with E-state index in [0.29, 0.717) is 16.3 Å². The van der Waals surface area contributed by atoms with E-state index in [2.05, 4.69) is 26.3 Å². The number of carbonyl (C=O) groups is 1. The molecule has 3 aromatic rings. The predicted octanol–water partition coefficient (Wildman–Crippen LogP) is 4.67. The van der Waals surface area contributed by atoms with Gasteiger partial charge in [0, 0.05) is 21.3 Å². The largest absolute Gasteiger partial charge is 0.323 e. The highest BCUT2D eigenvalue weighted by molar-refractivity contribution is 9.10. The Kier molecular flexibility index (Phi) is 5.50. The molecular weight excluding hydrogens is 409 g/mol. The maximum Gasteiger partial charge on any atom is 0.228 e. The predicted molar refractivity (Wildman–Crippen MR) is 99.2 cm³/mol. The number of amides is 1. The molecular formula is C18H14BrClFN3O. The third kappa shape index (κ3) is 4.67. The molecule has 0 aliphatic rings. The van der Waals surface area contributed by atoms with Crippen molar-refractivity contribution >= 4 is 39.1 Å². The topological polar surface area (TPSA) is 46.9 Å². The minimum absolute atomic E-state index is 0.147. The van der Waals surface area contributed by atoms with Crippen LogP contribution in [-0.4, -0.2) is 15.7 Å². The van der Waals surface area contributed by atoms with Crippen LogP contribution in [0, 0.1) is 5.82 Å². The van der Waals surface area contributed by atoms with Gasteiger partial charge in [-0.1, -0.05) is 45.7 Å². The molecule has 3 rings (SSSR count). The Morgan fingerprint density at radius 2 is 2.00 bits per heavy atom. The fraction of sp³-hybridized carbons (Fsp3) is 0.111. The van der Waals surface area contributed by atoms with Crippen LogP contribution < -0.4 is 5.32 Å². The molecule has 0 unspecified atom stereocenters. The molecule has 0 aliphatic carbocycles. The van der Waals surface area contributed by atoms with Gasteiger partial charge in [-0.15, -0.1) is 0 Å². The van der Waals surface area contributed by atoms with Gasteiger partial charge < -0.3 is 5.32 Å². The monoisotopic (exact) mass is 421 g/mol. The molecule has 1 aromatic heterocycles.